The minimum Gasteiger partial charge on any atom is -0.465 e. The van der Waals surface area contributed by atoms with E-state index in [-0.39, 0.29) is 18.6 Å². The maximum absolute atomic E-state index is 11.8. The molecule has 0 saturated carbocycles. The van der Waals surface area contributed by atoms with E-state index < -0.39 is 0 Å². The molecule has 0 aliphatic heterocycles. The zero-order valence-corrected chi connectivity index (χ0v) is 17.2. The van der Waals surface area contributed by atoms with Crippen LogP contribution in [0.15, 0.2) is 59.9 Å². The third kappa shape index (κ3) is 4.68. The molecule has 1 atom stereocenters. The number of rotatable bonds is 7. The van der Waals surface area contributed by atoms with Crippen LogP contribution in [-0.2, 0) is 22.5 Å². The lowest BCUT2D eigenvalue weighted by molar-refractivity contribution is -0.144. The van der Waals surface area contributed by atoms with Gasteiger partial charge in [-0.1, -0.05) is 18.2 Å². The maximum Gasteiger partial charge on any atom is 0.327 e. The van der Waals surface area contributed by atoms with Gasteiger partial charge < -0.3 is 4.74 Å². The molecule has 0 fully saturated rings. The van der Waals surface area contributed by atoms with Crippen molar-refractivity contribution in [3.8, 4) is 11.1 Å². The summed E-state index contributed by atoms with van der Waals surface area (Å²) in [5.74, 6) is -0.239. The van der Waals surface area contributed by atoms with Crippen molar-refractivity contribution in [3.05, 3.63) is 66.2 Å². The Bertz CT molecular complexity index is 957. The number of hydrogen-bond acceptors (Lipinski definition) is 6. The number of ether oxygens (including phenoxy) is 1. The van der Waals surface area contributed by atoms with Gasteiger partial charge >= 0.3 is 5.97 Å². The zero-order chi connectivity index (χ0) is 20.1. The highest BCUT2D eigenvalue weighted by Gasteiger charge is 2.25. The predicted molar refractivity (Wildman–Crippen MR) is 113 cm³/mol. The molecule has 29 heavy (non-hydrogen) atoms. The van der Waals surface area contributed by atoms with E-state index in [4.69, 9.17) is 4.74 Å². The monoisotopic (exact) mass is 408 g/mol. The Morgan fingerprint density at radius 3 is 2.86 bits per heavy atom. The molecule has 4 rings (SSSR count). The number of aromatic nitrogens is 3. The molecule has 1 N–H and O–H groups in total. The van der Waals surface area contributed by atoms with Crippen LogP contribution in [0.2, 0.25) is 0 Å². The van der Waals surface area contributed by atoms with Gasteiger partial charge in [-0.25, -0.2) is 0 Å². The lowest BCUT2D eigenvalue weighted by Crippen LogP contribution is -2.22. The molecule has 1 aromatic carbocycles. The fourth-order valence-electron chi connectivity index (χ4n) is 3.59. The average molecular weight is 409 g/mol. The highest BCUT2D eigenvalue weighted by atomic mass is 32.2. The summed E-state index contributed by atoms with van der Waals surface area (Å²) in [6.45, 7) is 2.39. The first kappa shape index (κ1) is 19.7. The number of esters is 1. The molecule has 150 valence electrons. The number of carbonyl (C=O) groups is 1. The SMILES string of the molecule is CCOC(=O)Cn1ncc2c1CCCC2NSc1ccc(-c2cccnc2)cc1. The number of pyridine rings is 1. The molecule has 1 aliphatic carbocycles. The van der Waals surface area contributed by atoms with Gasteiger partial charge in [-0.2, -0.15) is 5.10 Å². The molecule has 7 heteroatoms. The van der Waals surface area contributed by atoms with Gasteiger partial charge in [0.1, 0.15) is 6.54 Å². The van der Waals surface area contributed by atoms with E-state index in [0.29, 0.717) is 6.61 Å². The lowest BCUT2D eigenvalue weighted by Gasteiger charge is -2.23. The quantitative estimate of drug-likeness (QED) is 0.467. The summed E-state index contributed by atoms with van der Waals surface area (Å²) in [7, 11) is 0. The third-order valence-electron chi connectivity index (χ3n) is 5.02. The molecule has 2 heterocycles. The fraction of sp³-hybridized carbons (Fsp3) is 0.318. The number of hydrogen-bond donors (Lipinski definition) is 1. The molecule has 0 bridgehead atoms. The molecule has 1 aliphatic rings. The summed E-state index contributed by atoms with van der Waals surface area (Å²) in [6.07, 6.45) is 8.61. The molecule has 0 saturated heterocycles. The number of benzene rings is 1. The van der Waals surface area contributed by atoms with E-state index in [1.165, 1.54) is 5.56 Å². The summed E-state index contributed by atoms with van der Waals surface area (Å²) in [6, 6.07) is 12.7. The first-order valence-electron chi connectivity index (χ1n) is 9.87. The summed E-state index contributed by atoms with van der Waals surface area (Å²) < 4.78 is 10.4. The Hall–Kier alpha value is -2.64. The second kappa shape index (κ2) is 9.24. The van der Waals surface area contributed by atoms with Crippen molar-refractivity contribution in [2.45, 2.75) is 43.7 Å². The van der Waals surface area contributed by atoms with Crippen LogP contribution in [0, 0.1) is 0 Å². The summed E-state index contributed by atoms with van der Waals surface area (Å²) >= 11 is 1.63. The Kier molecular flexibility index (Phi) is 6.27. The topological polar surface area (TPSA) is 69.0 Å². The van der Waals surface area contributed by atoms with Crippen LogP contribution in [-0.4, -0.2) is 27.3 Å². The summed E-state index contributed by atoms with van der Waals surface area (Å²) in [4.78, 5) is 17.1. The van der Waals surface area contributed by atoms with Gasteiger partial charge in [0.2, 0.25) is 0 Å². The second-order valence-corrected chi connectivity index (χ2v) is 7.85. The van der Waals surface area contributed by atoms with Crippen molar-refractivity contribution < 1.29 is 9.53 Å². The average Bonchev–Trinajstić information content (AvgIpc) is 3.17. The first-order valence-corrected chi connectivity index (χ1v) is 10.7. The van der Waals surface area contributed by atoms with Crippen LogP contribution in [0.1, 0.15) is 37.1 Å². The van der Waals surface area contributed by atoms with Gasteiger partial charge in [0.05, 0.1) is 12.8 Å². The fourth-order valence-corrected chi connectivity index (χ4v) is 4.39. The van der Waals surface area contributed by atoms with Crippen LogP contribution in [0.4, 0.5) is 0 Å². The summed E-state index contributed by atoms with van der Waals surface area (Å²) in [5.41, 5.74) is 4.58. The molecule has 0 amide bonds. The molecule has 0 radical (unpaired) electrons. The molecular weight excluding hydrogens is 384 g/mol. The van der Waals surface area contributed by atoms with Crippen LogP contribution in [0.25, 0.3) is 11.1 Å². The second-order valence-electron chi connectivity index (χ2n) is 6.94. The van der Waals surface area contributed by atoms with Crippen LogP contribution in [0.5, 0.6) is 0 Å². The Labute approximate surface area is 174 Å². The molecule has 0 spiro atoms. The van der Waals surface area contributed by atoms with Crippen LogP contribution >= 0.6 is 11.9 Å². The molecule has 2 aromatic heterocycles. The van der Waals surface area contributed by atoms with Crippen LogP contribution in [0.3, 0.4) is 0 Å². The van der Waals surface area contributed by atoms with E-state index in [0.717, 1.165) is 41.0 Å². The molecule has 1 unspecified atom stereocenters. The minimum absolute atomic E-state index is 0.179. The van der Waals surface area contributed by atoms with Crippen molar-refractivity contribution in [2.75, 3.05) is 6.61 Å². The van der Waals surface area contributed by atoms with E-state index >= 15 is 0 Å². The Morgan fingerprint density at radius 2 is 2.10 bits per heavy atom. The van der Waals surface area contributed by atoms with E-state index in [9.17, 15) is 4.79 Å². The van der Waals surface area contributed by atoms with Crippen molar-refractivity contribution >= 4 is 17.9 Å². The van der Waals surface area contributed by atoms with E-state index in [2.05, 4.69) is 45.1 Å². The molecule has 6 nitrogen and oxygen atoms in total. The normalized spacial score (nSPS) is 15.7. The van der Waals surface area contributed by atoms with Crippen molar-refractivity contribution in [3.63, 3.8) is 0 Å². The van der Waals surface area contributed by atoms with Crippen molar-refractivity contribution in [1.82, 2.24) is 19.5 Å². The van der Waals surface area contributed by atoms with Gasteiger partial charge in [-0.15, -0.1) is 0 Å². The predicted octanol–water partition coefficient (Wildman–Crippen LogP) is 4.18. The van der Waals surface area contributed by atoms with E-state index in [1.54, 1.807) is 22.8 Å². The molecule has 3 aromatic rings. The number of carbonyl (C=O) groups excluding carboxylic acids is 1. The lowest BCUT2D eigenvalue weighted by atomic mass is 9.94. The van der Waals surface area contributed by atoms with Gasteiger partial charge in [0, 0.05) is 34.6 Å². The Balaban J connectivity index is 1.40. The first-order chi connectivity index (χ1) is 14.2. The van der Waals surface area contributed by atoms with Crippen LogP contribution < -0.4 is 4.72 Å². The van der Waals surface area contributed by atoms with Gasteiger partial charge in [0.25, 0.3) is 0 Å². The standard InChI is InChI=1S/C22H24N4O2S/c1-2-28-22(27)15-26-21-7-3-6-20(19(21)14-24-26)25-29-18-10-8-16(9-11-18)17-5-4-12-23-13-17/h4-5,8-14,20,25H,2-3,6-7,15H2,1H3. The van der Waals surface area contributed by atoms with Gasteiger partial charge in [0.15, 0.2) is 0 Å². The summed E-state index contributed by atoms with van der Waals surface area (Å²) in [5, 5.41) is 4.43. The number of nitrogens with one attached hydrogen (secondary N) is 1. The number of fused-ring (bicyclic) bond motifs is 1. The smallest absolute Gasteiger partial charge is 0.327 e. The molecular formula is C22H24N4O2S. The highest BCUT2D eigenvalue weighted by molar-refractivity contribution is 7.97. The number of nitrogens with zero attached hydrogens (tertiary/aromatic N) is 3. The zero-order valence-electron chi connectivity index (χ0n) is 16.4. The van der Waals surface area contributed by atoms with E-state index in [1.807, 2.05) is 25.4 Å². The third-order valence-corrected chi connectivity index (χ3v) is 5.93. The minimum atomic E-state index is -0.239. The highest BCUT2D eigenvalue weighted by Crippen LogP contribution is 2.32. The van der Waals surface area contributed by atoms with Crippen molar-refractivity contribution in [1.29, 1.82) is 0 Å². The maximum atomic E-state index is 11.8. The largest absolute Gasteiger partial charge is 0.465 e. The van der Waals surface area contributed by atoms with Gasteiger partial charge in [-0.05, 0) is 67.5 Å². The van der Waals surface area contributed by atoms with Gasteiger partial charge in [-0.3, -0.25) is 19.2 Å². The Morgan fingerprint density at radius 1 is 1.24 bits per heavy atom. The van der Waals surface area contributed by atoms with Crippen molar-refractivity contribution in [2.24, 2.45) is 0 Å².